The molecule has 20 heavy (non-hydrogen) atoms. The van der Waals surface area contributed by atoms with Crippen molar-refractivity contribution < 1.29 is 8.42 Å². The van der Waals surface area contributed by atoms with E-state index in [1.54, 1.807) is 23.6 Å². The fourth-order valence-corrected chi connectivity index (χ4v) is 3.72. The zero-order valence-corrected chi connectivity index (χ0v) is 12.4. The first-order valence-electron chi connectivity index (χ1n) is 5.91. The summed E-state index contributed by atoms with van der Waals surface area (Å²) in [6.45, 7) is 2.56. The van der Waals surface area contributed by atoms with Crippen LogP contribution in [0, 0.1) is 11.3 Å². The van der Waals surface area contributed by atoms with Crippen LogP contribution in [0.4, 0.5) is 11.4 Å². The molecular weight excluding hydrogens is 294 g/mol. The van der Waals surface area contributed by atoms with Gasteiger partial charge >= 0.3 is 0 Å². The minimum atomic E-state index is -3.62. The quantitative estimate of drug-likeness (QED) is 0.890. The highest BCUT2D eigenvalue weighted by Crippen LogP contribution is 2.27. The number of hydrogen-bond acceptors (Lipinski definition) is 5. The van der Waals surface area contributed by atoms with Crippen molar-refractivity contribution >= 4 is 32.7 Å². The number of rotatable bonds is 5. The van der Waals surface area contributed by atoms with E-state index in [1.165, 1.54) is 12.1 Å². The third-order valence-electron chi connectivity index (χ3n) is 2.52. The van der Waals surface area contributed by atoms with Crippen LogP contribution in [0.15, 0.2) is 39.9 Å². The molecule has 1 heterocycles. The summed E-state index contributed by atoms with van der Waals surface area (Å²) < 4.78 is 27.2. The molecule has 0 fully saturated rings. The Bertz CT molecular complexity index is 731. The lowest BCUT2D eigenvalue weighted by Gasteiger charge is -2.13. The number of anilines is 2. The fraction of sp³-hybridized carbons (Fsp3) is 0.154. The third-order valence-corrected chi connectivity index (χ3v) is 5.28. The van der Waals surface area contributed by atoms with Crippen LogP contribution in [-0.2, 0) is 10.0 Å². The first kappa shape index (κ1) is 14.4. The van der Waals surface area contributed by atoms with Crippen LogP contribution >= 0.6 is 11.3 Å². The van der Waals surface area contributed by atoms with Crippen molar-refractivity contribution in [2.24, 2.45) is 0 Å². The Morgan fingerprint density at radius 1 is 1.30 bits per heavy atom. The molecule has 0 spiro atoms. The Morgan fingerprint density at radius 3 is 2.70 bits per heavy atom. The van der Waals surface area contributed by atoms with Crippen LogP contribution in [0.1, 0.15) is 12.5 Å². The molecule has 0 atom stereocenters. The van der Waals surface area contributed by atoms with E-state index in [9.17, 15) is 8.42 Å². The number of benzene rings is 1. The maximum Gasteiger partial charge on any atom is 0.271 e. The number of sulfonamides is 1. The highest BCUT2D eigenvalue weighted by atomic mass is 32.2. The molecule has 7 heteroatoms. The summed E-state index contributed by atoms with van der Waals surface area (Å²) in [4.78, 5) is 0. The monoisotopic (exact) mass is 307 g/mol. The van der Waals surface area contributed by atoms with Crippen molar-refractivity contribution in [2.45, 2.75) is 11.1 Å². The Morgan fingerprint density at radius 2 is 2.10 bits per heavy atom. The molecule has 0 aliphatic rings. The van der Waals surface area contributed by atoms with E-state index >= 15 is 0 Å². The van der Waals surface area contributed by atoms with Gasteiger partial charge in [-0.15, -0.1) is 11.3 Å². The van der Waals surface area contributed by atoms with Gasteiger partial charge in [-0.2, -0.15) is 5.26 Å². The molecular formula is C13H13N3O2S2. The second-order valence-electron chi connectivity index (χ2n) is 3.94. The summed E-state index contributed by atoms with van der Waals surface area (Å²) in [6, 6.07) is 10.1. The molecule has 2 aromatic rings. The van der Waals surface area contributed by atoms with Crippen LogP contribution < -0.4 is 10.0 Å². The van der Waals surface area contributed by atoms with Crippen LogP contribution in [-0.4, -0.2) is 15.0 Å². The Hall–Kier alpha value is -2.04. The molecule has 2 rings (SSSR count). The molecule has 0 amide bonds. The van der Waals surface area contributed by atoms with E-state index in [0.717, 1.165) is 11.3 Å². The molecule has 104 valence electrons. The molecule has 1 aromatic heterocycles. The van der Waals surface area contributed by atoms with Gasteiger partial charge in [0.15, 0.2) is 0 Å². The zero-order valence-electron chi connectivity index (χ0n) is 10.8. The van der Waals surface area contributed by atoms with Crippen LogP contribution in [0.25, 0.3) is 0 Å². The third kappa shape index (κ3) is 3.10. The molecule has 0 aliphatic heterocycles. The Kier molecular flexibility index (Phi) is 4.27. The van der Waals surface area contributed by atoms with Gasteiger partial charge in [-0.3, -0.25) is 4.72 Å². The summed E-state index contributed by atoms with van der Waals surface area (Å²) in [6.07, 6.45) is 0. The van der Waals surface area contributed by atoms with Crippen LogP contribution in [0.3, 0.4) is 0 Å². The first-order chi connectivity index (χ1) is 9.56. The van der Waals surface area contributed by atoms with Crippen molar-refractivity contribution in [2.75, 3.05) is 16.6 Å². The van der Waals surface area contributed by atoms with Crippen molar-refractivity contribution in [3.8, 4) is 6.07 Å². The van der Waals surface area contributed by atoms with E-state index in [-0.39, 0.29) is 4.21 Å². The molecule has 0 aliphatic carbocycles. The largest absolute Gasteiger partial charge is 0.384 e. The summed E-state index contributed by atoms with van der Waals surface area (Å²) in [5.74, 6) is 0. The normalized spacial score (nSPS) is 10.8. The summed E-state index contributed by atoms with van der Waals surface area (Å²) in [7, 11) is -3.62. The van der Waals surface area contributed by atoms with E-state index in [4.69, 9.17) is 5.26 Å². The Balaban J connectivity index is 2.39. The second-order valence-corrected chi connectivity index (χ2v) is 6.80. The number of hydrogen-bond donors (Lipinski definition) is 2. The molecule has 2 N–H and O–H groups in total. The van der Waals surface area contributed by atoms with Crippen molar-refractivity contribution in [1.29, 1.82) is 5.26 Å². The maximum absolute atomic E-state index is 12.2. The van der Waals surface area contributed by atoms with Crippen molar-refractivity contribution in [3.63, 3.8) is 0 Å². The van der Waals surface area contributed by atoms with Gasteiger partial charge in [-0.25, -0.2) is 8.42 Å². The maximum atomic E-state index is 12.2. The predicted molar refractivity (Wildman–Crippen MR) is 80.4 cm³/mol. The van der Waals surface area contributed by atoms with Gasteiger partial charge in [-0.1, -0.05) is 6.07 Å². The minimum absolute atomic E-state index is 0.238. The van der Waals surface area contributed by atoms with Gasteiger partial charge in [0.05, 0.1) is 23.0 Å². The summed E-state index contributed by atoms with van der Waals surface area (Å²) in [5, 5.41) is 13.7. The van der Waals surface area contributed by atoms with Gasteiger partial charge in [0.25, 0.3) is 10.0 Å². The smallest absolute Gasteiger partial charge is 0.271 e. The molecule has 1 aromatic carbocycles. The molecule has 0 unspecified atom stereocenters. The minimum Gasteiger partial charge on any atom is -0.384 e. The fourth-order valence-electron chi connectivity index (χ4n) is 1.65. The lowest BCUT2D eigenvalue weighted by molar-refractivity contribution is 0.603. The molecule has 0 saturated carbocycles. The SMILES string of the molecule is CCNc1ccc(C#N)cc1NS(=O)(=O)c1cccs1. The molecule has 0 radical (unpaired) electrons. The predicted octanol–water partition coefficient (Wildman–Crippen LogP) is 2.85. The van der Waals surface area contributed by atoms with Gasteiger partial charge in [0.1, 0.15) is 4.21 Å². The van der Waals surface area contributed by atoms with E-state index in [0.29, 0.717) is 23.5 Å². The number of thiophene rings is 1. The molecule has 0 saturated heterocycles. The molecule has 0 bridgehead atoms. The summed E-state index contributed by atoms with van der Waals surface area (Å²) >= 11 is 1.14. The summed E-state index contributed by atoms with van der Waals surface area (Å²) in [5.41, 5.74) is 1.42. The molecule has 5 nitrogen and oxygen atoms in total. The number of nitrogens with one attached hydrogen (secondary N) is 2. The number of nitrogens with zero attached hydrogens (tertiary/aromatic N) is 1. The average molecular weight is 307 g/mol. The first-order valence-corrected chi connectivity index (χ1v) is 8.27. The van der Waals surface area contributed by atoms with Crippen molar-refractivity contribution in [1.82, 2.24) is 0 Å². The van der Waals surface area contributed by atoms with Gasteiger partial charge < -0.3 is 5.32 Å². The lowest BCUT2D eigenvalue weighted by Crippen LogP contribution is -2.13. The highest BCUT2D eigenvalue weighted by Gasteiger charge is 2.17. The lowest BCUT2D eigenvalue weighted by atomic mass is 10.2. The van der Waals surface area contributed by atoms with E-state index in [2.05, 4.69) is 10.0 Å². The van der Waals surface area contributed by atoms with E-state index in [1.807, 2.05) is 13.0 Å². The van der Waals surface area contributed by atoms with Crippen LogP contribution in [0.5, 0.6) is 0 Å². The standard InChI is InChI=1S/C13H13N3O2S2/c1-2-15-11-6-5-10(9-14)8-12(11)16-20(17,18)13-4-3-7-19-13/h3-8,15-16H,2H2,1H3. The zero-order chi connectivity index (χ0) is 14.6. The van der Waals surface area contributed by atoms with Crippen molar-refractivity contribution in [3.05, 3.63) is 41.3 Å². The van der Waals surface area contributed by atoms with Gasteiger partial charge in [0, 0.05) is 6.54 Å². The highest BCUT2D eigenvalue weighted by molar-refractivity contribution is 7.94. The second kappa shape index (κ2) is 5.94. The average Bonchev–Trinajstić information content (AvgIpc) is 2.95. The topological polar surface area (TPSA) is 82.0 Å². The van der Waals surface area contributed by atoms with E-state index < -0.39 is 10.0 Å². The number of nitriles is 1. The Labute approximate surface area is 121 Å². The van der Waals surface area contributed by atoms with Gasteiger partial charge in [-0.05, 0) is 36.6 Å². The van der Waals surface area contributed by atoms with Gasteiger partial charge in [0.2, 0.25) is 0 Å². The van der Waals surface area contributed by atoms with Crippen LogP contribution in [0.2, 0.25) is 0 Å².